The number of hydrogen-bond acceptors (Lipinski definition) is 3. The van der Waals surface area contributed by atoms with E-state index in [1.54, 1.807) is 12.3 Å². The van der Waals surface area contributed by atoms with Crippen LogP contribution in [0.1, 0.15) is 23.0 Å². The van der Waals surface area contributed by atoms with E-state index in [-0.39, 0.29) is 17.9 Å². The van der Waals surface area contributed by atoms with Gasteiger partial charge >= 0.3 is 0 Å². The largest absolute Gasteiger partial charge is 0.468 e. The molecule has 0 unspecified atom stereocenters. The van der Waals surface area contributed by atoms with Gasteiger partial charge in [-0.05, 0) is 36.9 Å². The summed E-state index contributed by atoms with van der Waals surface area (Å²) < 4.78 is 31.2. The van der Waals surface area contributed by atoms with E-state index < -0.39 is 11.6 Å². The van der Waals surface area contributed by atoms with Crippen molar-refractivity contribution in [2.75, 3.05) is 13.1 Å². The Morgan fingerprint density at radius 3 is 2.65 bits per heavy atom. The number of benzene rings is 1. The molecule has 0 bridgehead atoms. The Bertz CT molecular complexity index is 582. The maximum Gasteiger partial charge on any atom is 0.176 e. The summed E-state index contributed by atoms with van der Waals surface area (Å²) in [6, 6.07) is 6.79. The molecule has 0 atom stereocenters. The number of rotatable bonds is 6. The molecule has 1 aromatic carbocycles. The van der Waals surface area contributed by atoms with Crippen molar-refractivity contribution < 1.29 is 18.0 Å². The third kappa shape index (κ3) is 3.51. The highest BCUT2D eigenvalue weighted by molar-refractivity contribution is 5.97. The number of carbonyl (C=O) groups is 1. The van der Waals surface area contributed by atoms with E-state index in [0.29, 0.717) is 13.1 Å². The van der Waals surface area contributed by atoms with Gasteiger partial charge in [0.2, 0.25) is 0 Å². The number of nitrogens with zero attached hydrogens (tertiary/aromatic N) is 1. The Morgan fingerprint density at radius 1 is 1.25 bits per heavy atom. The van der Waals surface area contributed by atoms with Crippen molar-refractivity contribution in [2.45, 2.75) is 13.5 Å². The summed E-state index contributed by atoms with van der Waals surface area (Å²) in [5.74, 6) is -1.46. The minimum Gasteiger partial charge on any atom is -0.468 e. The van der Waals surface area contributed by atoms with E-state index >= 15 is 0 Å². The van der Waals surface area contributed by atoms with Crippen LogP contribution in [0.4, 0.5) is 8.78 Å². The molecule has 0 amide bonds. The monoisotopic (exact) mass is 279 g/mol. The molecule has 1 aromatic heterocycles. The lowest BCUT2D eigenvalue weighted by Crippen LogP contribution is -2.29. The third-order valence-corrected chi connectivity index (χ3v) is 3.02. The van der Waals surface area contributed by atoms with Crippen LogP contribution in [-0.4, -0.2) is 23.8 Å². The fourth-order valence-corrected chi connectivity index (χ4v) is 1.87. The Kier molecular flexibility index (Phi) is 4.63. The Balaban J connectivity index is 2.03. The molecule has 2 rings (SSSR count). The second kappa shape index (κ2) is 6.43. The van der Waals surface area contributed by atoms with Crippen molar-refractivity contribution in [3.8, 4) is 0 Å². The molecule has 20 heavy (non-hydrogen) atoms. The van der Waals surface area contributed by atoms with Crippen LogP contribution in [-0.2, 0) is 6.54 Å². The standard InChI is InChI=1S/C15H15F2NO2/c1-2-18(9-12-4-3-7-20-12)10-15(19)11-5-6-13(16)14(17)8-11/h3-8H,2,9-10H2,1H3. The van der Waals surface area contributed by atoms with E-state index in [4.69, 9.17) is 4.42 Å². The Morgan fingerprint density at radius 2 is 2.05 bits per heavy atom. The maximum absolute atomic E-state index is 13.1. The number of ketones is 1. The van der Waals surface area contributed by atoms with Crippen LogP contribution in [0.15, 0.2) is 41.0 Å². The summed E-state index contributed by atoms with van der Waals surface area (Å²) in [6.45, 7) is 3.19. The zero-order chi connectivity index (χ0) is 14.5. The quantitative estimate of drug-likeness (QED) is 0.761. The van der Waals surface area contributed by atoms with Gasteiger partial charge in [0, 0.05) is 5.56 Å². The lowest BCUT2D eigenvalue weighted by atomic mass is 10.1. The van der Waals surface area contributed by atoms with Crippen LogP contribution in [0, 0.1) is 11.6 Å². The van der Waals surface area contributed by atoms with E-state index in [1.807, 2.05) is 17.9 Å². The van der Waals surface area contributed by atoms with E-state index in [0.717, 1.165) is 17.9 Å². The second-order valence-electron chi connectivity index (χ2n) is 4.43. The van der Waals surface area contributed by atoms with E-state index in [9.17, 15) is 13.6 Å². The van der Waals surface area contributed by atoms with Crippen LogP contribution < -0.4 is 0 Å². The zero-order valence-corrected chi connectivity index (χ0v) is 11.1. The predicted octanol–water partition coefficient (Wildman–Crippen LogP) is 3.26. The lowest BCUT2D eigenvalue weighted by Gasteiger charge is -2.18. The molecule has 0 saturated heterocycles. The fraction of sp³-hybridized carbons (Fsp3) is 0.267. The van der Waals surface area contributed by atoms with Gasteiger partial charge in [-0.25, -0.2) is 8.78 Å². The SMILES string of the molecule is CCN(CC(=O)c1ccc(F)c(F)c1)Cc1ccco1. The van der Waals surface area contributed by atoms with Crippen LogP contribution in [0.25, 0.3) is 0 Å². The summed E-state index contributed by atoms with van der Waals surface area (Å²) >= 11 is 0. The van der Waals surface area contributed by atoms with Crippen molar-refractivity contribution in [1.29, 1.82) is 0 Å². The van der Waals surface area contributed by atoms with Crippen molar-refractivity contribution >= 4 is 5.78 Å². The van der Waals surface area contributed by atoms with Crippen molar-refractivity contribution in [1.82, 2.24) is 4.90 Å². The lowest BCUT2D eigenvalue weighted by molar-refractivity contribution is 0.0924. The van der Waals surface area contributed by atoms with Crippen molar-refractivity contribution in [2.24, 2.45) is 0 Å². The first kappa shape index (κ1) is 14.4. The number of hydrogen-bond donors (Lipinski definition) is 0. The van der Waals surface area contributed by atoms with Gasteiger partial charge < -0.3 is 4.42 Å². The van der Waals surface area contributed by atoms with Gasteiger partial charge in [0.1, 0.15) is 5.76 Å². The summed E-state index contributed by atoms with van der Waals surface area (Å²) in [5, 5.41) is 0. The van der Waals surface area contributed by atoms with Gasteiger partial charge in [0.15, 0.2) is 17.4 Å². The molecule has 106 valence electrons. The highest BCUT2D eigenvalue weighted by Crippen LogP contribution is 2.11. The van der Waals surface area contributed by atoms with E-state index in [1.165, 1.54) is 6.07 Å². The van der Waals surface area contributed by atoms with Crippen LogP contribution >= 0.6 is 0 Å². The van der Waals surface area contributed by atoms with Crippen LogP contribution in [0.2, 0.25) is 0 Å². The minimum atomic E-state index is -1.01. The smallest absolute Gasteiger partial charge is 0.176 e. The van der Waals surface area contributed by atoms with Gasteiger partial charge in [0.25, 0.3) is 0 Å². The summed E-state index contributed by atoms with van der Waals surface area (Å²) in [5.41, 5.74) is 0.168. The molecule has 0 aliphatic heterocycles. The summed E-state index contributed by atoms with van der Waals surface area (Å²) in [6.07, 6.45) is 1.57. The molecular formula is C15H15F2NO2. The normalized spacial score (nSPS) is 11.0. The molecule has 0 spiro atoms. The molecule has 0 saturated carbocycles. The average molecular weight is 279 g/mol. The fourth-order valence-electron chi connectivity index (χ4n) is 1.87. The molecule has 0 N–H and O–H groups in total. The molecule has 0 aliphatic rings. The van der Waals surface area contributed by atoms with Crippen LogP contribution in [0.5, 0.6) is 0 Å². The molecule has 5 heteroatoms. The second-order valence-corrected chi connectivity index (χ2v) is 4.43. The maximum atomic E-state index is 13.1. The number of halogens is 2. The highest BCUT2D eigenvalue weighted by Gasteiger charge is 2.14. The van der Waals surface area contributed by atoms with Crippen LogP contribution in [0.3, 0.4) is 0 Å². The average Bonchev–Trinajstić information content (AvgIpc) is 2.93. The predicted molar refractivity (Wildman–Crippen MR) is 70.3 cm³/mol. The number of carbonyl (C=O) groups excluding carboxylic acids is 1. The zero-order valence-electron chi connectivity index (χ0n) is 11.1. The van der Waals surface area contributed by atoms with Gasteiger partial charge in [0.05, 0.1) is 19.4 Å². The molecule has 2 aromatic rings. The molecular weight excluding hydrogens is 264 g/mol. The van der Waals surface area contributed by atoms with E-state index in [2.05, 4.69) is 0 Å². The summed E-state index contributed by atoms with van der Waals surface area (Å²) in [4.78, 5) is 13.9. The minimum absolute atomic E-state index is 0.127. The van der Waals surface area contributed by atoms with Gasteiger partial charge in [-0.1, -0.05) is 6.92 Å². The Labute approximate surface area is 115 Å². The van der Waals surface area contributed by atoms with Crippen molar-refractivity contribution in [3.05, 3.63) is 59.6 Å². The molecule has 3 nitrogen and oxygen atoms in total. The first-order valence-electron chi connectivity index (χ1n) is 6.33. The molecule has 0 fully saturated rings. The first-order chi connectivity index (χ1) is 9.60. The van der Waals surface area contributed by atoms with Gasteiger partial charge in [-0.3, -0.25) is 9.69 Å². The molecule has 1 heterocycles. The first-order valence-corrected chi connectivity index (χ1v) is 6.33. The molecule has 0 aliphatic carbocycles. The number of Topliss-reactive ketones (excluding diaryl/α,β-unsaturated/α-hetero) is 1. The number of likely N-dealkylation sites (N-methyl/N-ethyl adjacent to an activating group) is 1. The van der Waals surface area contributed by atoms with Gasteiger partial charge in [-0.15, -0.1) is 0 Å². The highest BCUT2D eigenvalue weighted by atomic mass is 19.2. The Hall–Kier alpha value is -2.01. The van der Waals surface area contributed by atoms with Crippen molar-refractivity contribution in [3.63, 3.8) is 0 Å². The molecule has 0 radical (unpaired) electrons. The number of furan rings is 1. The summed E-state index contributed by atoms with van der Waals surface area (Å²) in [7, 11) is 0. The van der Waals surface area contributed by atoms with Gasteiger partial charge in [-0.2, -0.15) is 0 Å². The third-order valence-electron chi connectivity index (χ3n) is 3.02. The topological polar surface area (TPSA) is 33.5 Å².